The molecule has 2 aliphatic rings. The first-order chi connectivity index (χ1) is 16.8. The molecule has 1 aromatic carbocycles. The molecular weight excluding hydrogens is 490 g/mol. The highest BCUT2D eigenvalue weighted by molar-refractivity contribution is 7.92. The fourth-order valence-electron chi connectivity index (χ4n) is 3.71. The number of thiazole rings is 1. The third-order valence-electron chi connectivity index (χ3n) is 5.79. The number of pyridine rings is 1. The molecule has 0 spiro atoms. The Morgan fingerprint density at radius 1 is 1.20 bits per heavy atom. The molecule has 1 N–H and O–H groups in total. The van der Waals surface area contributed by atoms with Gasteiger partial charge in [-0.2, -0.15) is 0 Å². The average molecular weight is 516 g/mol. The van der Waals surface area contributed by atoms with Crippen molar-refractivity contribution in [3.8, 4) is 0 Å². The summed E-state index contributed by atoms with van der Waals surface area (Å²) in [6.07, 6.45) is 3.49. The summed E-state index contributed by atoms with van der Waals surface area (Å²) in [4.78, 5) is 30.6. The van der Waals surface area contributed by atoms with E-state index in [1.165, 1.54) is 23.5 Å². The lowest BCUT2D eigenvalue weighted by Gasteiger charge is -2.11. The molecule has 0 unspecified atom stereocenters. The molecule has 35 heavy (non-hydrogen) atoms. The van der Waals surface area contributed by atoms with E-state index in [0.717, 1.165) is 5.69 Å². The number of rotatable bonds is 8. The number of carbonyl (C=O) groups excluding carboxylic acids is 1. The van der Waals surface area contributed by atoms with Crippen molar-refractivity contribution in [3.63, 3.8) is 0 Å². The van der Waals surface area contributed by atoms with Gasteiger partial charge in [-0.05, 0) is 31.0 Å². The van der Waals surface area contributed by atoms with E-state index in [-0.39, 0.29) is 22.0 Å². The lowest BCUT2D eigenvalue weighted by molar-refractivity contribution is -0.110. The number of amides is 1. The van der Waals surface area contributed by atoms with Crippen molar-refractivity contribution < 1.29 is 22.8 Å². The number of nitrogens with one attached hydrogen (secondary N) is 1. The minimum Gasteiger partial charge on any atom is -0.389 e. The van der Waals surface area contributed by atoms with Crippen LogP contribution in [0, 0.1) is 0 Å². The second-order valence-corrected chi connectivity index (χ2v) is 11.9. The summed E-state index contributed by atoms with van der Waals surface area (Å²) in [7, 11) is 0.486. The number of hydrogen-bond donors (Lipinski definition) is 1. The normalized spacial score (nSPS) is 18.6. The molecule has 1 atom stereocenters. The van der Waals surface area contributed by atoms with Crippen LogP contribution in [0.5, 0.6) is 0 Å². The smallest absolute Gasteiger partial charge is 0.280 e. The Hall–Kier alpha value is -3.09. The maximum Gasteiger partial charge on any atom is 0.280 e. The molecule has 184 valence electrons. The summed E-state index contributed by atoms with van der Waals surface area (Å²) in [6, 6.07) is 8.03. The summed E-state index contributed by atoms with van der Waals surface area (Å²) in [6.45, 7) is 0.968. The number of oxime groups is 1. The van der Waals surface area contributed by atoms with Gasteiger partial charge in [-0.3, -0.25) is 10.1 Å². The summed E-state index contributed by atoms with van der Waals surface area (Å²) < 4.78 is 30.4. The van der Waals surface area contributed by atoms with Crippen molar-refractivity contribution in [2.75, 3.05) is 37.5 Å². The predicted molar refractivity (Wildman–Crippen MR) is 134 cm³/mol. The van der Waals surface area contributed by atoms with Crippen LogP contribution in [0.25, 0.3) is 10.3 Å². The SMILES string of the molecule is CN(C)c1ccnc2sc(NC(=O)/C(=N/O[C@@H]3CCOC3)c3ccc(S(=O)(=O)C4CC4)cc3)nc12. The molecule has 1 aliphatic carbocycles. The molecule has 2 fully saturated rings. The highest BCUT2D eigenvalue weighted by Crippen LogP contribution is 2.34. The van der Waals surface area contributed by atoms with Crippen LogP contribution in [0.2, 0.25) is 0 Å². The number of nitrogens with zero attached hydrogens (tertiary/aromatic N) is 4. The first-order valence-corrected chi connectivity index (χ1v) is 13.6. The van der Waals surface area contributed by atoms with Crippen molar-refractivity contribution in [2.24, 2.45) is 5.16 Å². The van der Waals surface area contributed by atoms with E-state index < -0.39 is 15.7 Å². The highest BCUT2D eigenvalue weighted by atomic mass is 32.2. The fourth-order valence-corrected chi connectivity index (χ4v) is 6.19. The second-order valence-electron chi connectivity index (χ2n) is 8.65. The molecular formula is C23H25N5O5S2. The molecule has 12 heteroatoms. The minimum atomic E-state index is -3.34. The van der Waals surface area contributed by atoms with Crippen molar-refractivity contribution in [2.45, 2.75) is 35.5 Å². The van der Waals surface area contributed by atoms with E-state index in [9.17, 15) is 13.2 Å². The van der Waals surface area contributed by atoms with E-state index in [1.54, 1.807) is 18.3 Å². The predicted octanol–water partition coefficient (Wildman–Crippen LogP) is 2.84. The molecule has 2 aromatic heterocycles. The van der Waals surface area contributed by atoms with Gasteiger partial charge < -0.3 is 14.5 Å². The number of aromatic nitrogens is 2. The van der Waals surface area contributed by atoms with Crippen molar-refractivity contribution in [1.29, 1.82) is 0 Å². The molecule has 5 rings (SSSR count). The van der Waals surface area contributed by atoms with E-state index in [0.29, 0.717) is 53.5 Å². The Morgan fingerprint density at radius 2 is 1.97 bits per heavy atom. The zero-order chi connectivity index (χ0) is 24.6. The summed E-state index contributed by atoms with van der Waals surface area (Å²) in [5.74, 6) is -0.521. The summed E-state index contributed by atoms with van der Waals surface area (Å²) >= 11 is 1.25. The Morgan fingerprint density at radius 3 is 2.63 bits per heavy atom. The third-order valence-corrected chi connectivity index (χ3v) is 8.95. The highest BCUT2D eigenvalue weighted by Gasteiger charge is 2.36. The lowest BCUT2D eigenvalue weighted by Crippen LogP contribution is -2.25. The molecule has 0 bridgehead atoms. The molecule has 1 saturated heterocycles. The zero-order valence-electron chi connectivity index (χ0n) is 19.3. The van der Waals surface area contributed by atoms with Gasteiger partial charge in [0.15, 0.2) is 26.8 Å². The Labute approximate surface area is 206 Å². The van der Waals surface area contributed by atoms with Crippen LogP contribution in [0.15, 0.2) is 46.6 Å². The van der Waals surface area contributed by atoms with Gasteiger partial charge in [0, 0.05) is 32.3 Å². The molecule has 10 nitrogen and oxygen atoms in total. The first-order valence-electron chi connectivity index (χ1n) is 11.2. The van der Waals surface area contributed by atoms with Crippen LogP contribution in [0.4, 0.5) is 10.8 Å². The maximum atomic E-state index is 13.3. The molecule has 1 saturated carbocycles. The number of sulfone groups is 1. The van der Waals surface area contributed by atoms with Crippen LogP contribution < -0.4 is 10.2 Å². The standard InChI is InChI=1S/C23H25N5O5S2/c1-28(2)18-9-11-24-22-20(18)25-23(34-22)26-21(29)19(27-33-15-10-12-32-13-15)14-3-5-16(6-4-14)35(30,31)17-7-8-17/h3-6,9,11,15,17H,7-8,10,12-13H2,1-2H3,(H,25,26,29)/b27-19+/t15-/m1/s1. The van der Waals surface area contributed by atoms with Crippen LogP contribution in [-0.4, -0.2) is 68.7 Å². The number of ether oxygens (including phenoxy) is 1. The molecule has 3 heterocycles. The van der Waals surface area contributed by atoms with Gasteiger partial charge in [-0.1, -0.05) is 28.6 Å². The lowest BCUT2D eigenvalue weighted by atomic mass is 10.1. The largest absolute Gasteiger partial charge is 0.389 e. The van der Waals surface area contributed by atoms with Gasteiger partial charge in [0.25, 0.3) is 5.91 Å². The van der Waals surface area contributed by atoms with E-state index in [1.807, 2.05) is 25.1 Å². The van der Waals surface area contributed by atoms with Crippen LogP contribution >= 0.6 is 11.3 Å². The summed E-state index contributed by atoms with van der Waals surface area (Å²) in [5, 5.41) is 7.00. The summed E-state index contributed by atoms with van der Waals surface area (Å²) in [5.41, 5.74) is 2.03. The van der Waals surface area contributed by atoms with E-state index >= 15 is 0 Å². The van der Waals surface area contributed by atoms with Crippen LogP contribution in [-0.2, 0) is 24.2 Å². The molecule has 1 amide bonds. The molecule has 3 aromatic rings. The molecule has 0 radical (unpaired) electrons. The Kier molecular flexibility index (Phi) is 6.43. The fraction of sp³-hybridized carbons (Fsp3) is 0.391. The molecule has 1 aliphatic heterocycles. The number of hydrogen-bond acceptors (Lipinski definition) is 10. The van der Waals surface area contributed by atoms with Crippen molar-refractivity contribution in [1.82, 2.24) is 9.97 Å². The van der Waals surface area contributed by atoms with E-state index in [4.69, 9.17) is 9.57 Å². The number of benzene rings is 1. The van der Waals surface area contributed by atoms with Gasteiger partial charge in [0.05, 0.1) is 29.0 Å². The van der Waals surface area contributed by atoms with Crippen molar-refractivity contribution >= 4 is 54.0 Å². The number of carbonyl (C=O) groups is 1. The van der Waals surface area contributed by atoms with Crippen molar-refractivity contribution in [3.05, 3.63) is 42.1 Å². The van der Waals surface area contributed by atoms with Gasteiger partial charge in [-0.15, -0.1) is 0 Å². The Bertz CT molecular complexity index is 1380. The second kappa shape index (κ2) is 9.51. The first kappa shape index (κ1) is 23.6. The Balaban J connectivity index is 1.43. The minimum absolute atomic E-state index is 0.0207. The monoisotopic (exact) mass is 515 g/mol. The van der Waals surface area contributed by atoms with Gasteiger partial charge >= 0.3 is 0 Å². The zero-order valence-corrected chi connectivity index (χ0v) is 20.9. The van der Waals surface area contributed by atoms with Gasteiger partial charge in [-0.25, -0.2) is 18.4 Å². The van der Waals surface area contributed by atoms with Gasteiger partial charge in [0.2, 0.25) is 0 Å². The number of anilines is 2. The topological polar surface area (TPSA) is 123 Å². The average Bonchev–Trinajstić information content (AvgIpc) is 3.43. The maximum absolute atomic E-state index is 13.3. The van der Waals surface area contributed by atoms with Gasteiger partial charge in [0.1, 0.15) is 10.3 Å². The van der Waals surface area contributed by atoms with E-state index in [2.05, 4.69) is 20.4 Å². The number of fused-ring (bicyclic) bond motifs is 1. The van der Waals surface area contributed by atoms with Crippen LogP contribution in [0.3, 0.4) is 0 Å². The van der Waals surface area contributed by atoms with Crippen LogP contribution in [0.1, 0.15) is 24.8 Å². The third kappa shape index (κ3) is 5.00. The quantitative estimate of drug-likeness (QED) is 0.359.